The summed E-state index contributed by atoms with van der Waals surface area (Å²) in [5.41, 5.74) is 2.93. The van der Waals surface area contributed by atoms with E-state index in [-0.39, 0.29) is 11.7 Å². The second-order valence-electron chi connectivity index (χ2n) is 6.58. The lowest BCUT2D eigenvalue weighted by Gasteiger charge is -2.28. The Labute approximate surface area is 148 Å². The Kier molecular flexibility index (Phi) is 6.04. The van der Waals surface area contributed by atoms with E-state index in [1.165, 1.54) is 31.0 Å². The lowest BCUT2D eigenvalue weighted by Crippen LogP contribution is -2.29. The third kappa shape index (κ3) is 5.05. The van der Waals surface area contributed by atoms with Gasteiger partial charge in [-0.1, -0.05) is 30.3 Å². The molecule has 25 heavy (non-hydrogen) atoms. The van der Waals surface area contributed by atoms with Crippen LogP contribution >= 0.6 is 0 Å². The van der Waals surface area contributed by atoms with Crippen molar-refractivity contribution in [2.45, 2.75) is 38.6 Å². The number of carbonyl (C=O) groups excluding carboxylic acids is 1. The molecule has 0 radical (unpaired) electrons. The van der Waals surface area contributed by atoms with Crippen LogP contribution in [0.2, 0.25) is 0 Å². The molecular formula is C21H25FN2O. The molecule has 132 valence electrons. The fourth-order valence-corrected chi connectivity index (χ4v) is 3.22. The zero-order chi connectivity index (χ0) is 17.5. The summed E-state index contributed by atoms with van der Waals surface area (Å²) in [6, 6.07) is 15.0. The molecule has 1 saturated heterocycles. The summed E-state index contributed by atoms with van der Waals surface area (Å²) >= 11 is 0. The minimum absolute atomic E-state index is 0.0524. The van der Waals surface area contributed by atoms with Crippen molar-refractivity contribution in [1.82, 2.24) is 5.32 Å². The summed E-state index contributed by atoms with van der Waals surface area (Å²) in [6.45, 7) is 2.77. The summed E-state index contributed by atoms with van der Waals surface area (Å²) in [6.07, 6.45) is 4.58. The van der Waals surface area contributed by atoms with Gasteiger partial charge in [0.2, 0.25) is 5.91 Å². The van der Waals surface area contributed by atoms with Crippen LogP contribution in [0.3, 0.4) is 0 Å². The maximum absolute atomic E-state index is 13.5. The maximum atomic E-state index is 13.5. The van der Waals surface area contributed by atoms with Crippen LogP contribution < -0.4 is 10.2 Å². The highest BCUT2D eigenvalue weighted by molar-refractivity contribution is 5.76. The molecule has 1 aliphatic heterocycles. The van der Waals surface area contributed by atoms with Gasteiger partial charge in [0.05, 0.1) is 0 Å². The van der Waals surface area contributed by atoms with Gasteiger partial charge in [0.15, 0.2) is 0 Å². The molecule has 2 aromatic carbocycles. The van der Waals surface area contributed by atoms with Gasteiger partial charge in [0.25, 0.3) is 0 Å². The second-order valence-corrected chi connectivity index (χ2v) is 6.58. The van der Waals surface area contributed by atoms with Crippen LogP contribution in [-0.4, -0.2) is 19.0 Å². The number of amides is 1. The molecule has 2 aromatic rings. The molecule has 1 amide bonds. The molecule has 1 N–H and O–H groups in total. The van der Waals surface area contributed by atoms with E-state index in [2.05, 4.69) is 34.5 Å². The molecule has 1 fully saturated rings. The molecule has 0 atom stereocenters. The van der Waals surface area contributed by atoms with Crippen LogP contribution in [0.25, 0.3) is 0 Å². The predicted octanol–water partition coefficient (Wildman–Crippen LogP) is 4.07. The van der Waals surface area contributed by atoms with E-state index in [9.17, 15) is 9.18 Å². The Bertz CT molecular complexity index is 693. The van der Waals surface area contributed by atoms with Crippen molar-refractivity contribution in [2.24, 2.45) is 0 Å². The number of nitrogens with one attached hydrogen (secondary N) is 1. The highest BCUT2D eigenvalue weighted by Crippen LogP contribution is 2.20. The Morgan fingerprint density at radius 1 is 1.00 bits per heavy atom. The summed E-state index contributed by atoms with van der Waals surface area (Å²) < 4.78 is 13.5. The highest BCUT2D eigenvalue weighted by Gasteiger charge is 2.10. The van der Waals surface area contributed by atoms with Gasteiger partial charge < -0.3 is 10.2 Å². The molecular weight excluding hydrogens is 315 g/mol. The van der Waals surface area contributed by atoms with Gasteiger partial charge in [-0.25, -0.2) is 4.39 Å². The molecule has 4 heteroatoms. The zero-order valence-electron chi connectivity index (χ0n) is 14.5. The number of aryl methyl sites for hydroxylation is 1. The minimum Gasteiger partial charge on any atom is -0.372 e. The van der Waals surface area contributed by atoms with Gasteiger partial charge in [-0.2, -0.15) is 0 Å². The lowest BCUT2D eigenvalue weighted by molar-refractivity contribution is -0.121. The SMILES string of the molecule is O=C(CCc1ccccc1F)NCc1ccc(N2CCCCC2)cc1. The number of anilines is 1. The average molecular weight is 340 g/mol. The fraction of sp³-hybridized carbons (Fsp3) is 0.381. The number of piperidine rings is 1. The summed E-state index contributed by atoms with van der Waals surface area (Å²) in [5, 5.41) is 2.91. The fourth-order valence-electron chi connectivity index (χ4n) is 3.22. The molecule has 0 aromatic heterocycles. The average Bonchev–Trinajstić information content (AvgIpc) is 2.67. The first-order valence-corrected chi connectivity index (χ1v) is 9.06. The molecule has 0 saturated carbocycles. The molecule has 1 aliphatic rings. The van der Waals surface area contributed by atoms with Crippen LogP contribution in [0.1, 0.15) is 36.8 Å². The van der Waals surface area contributed by atoms with E-state index in [4.69, 9.17) is 0 Å². The molecule has 3 nitrogen and oxygen atoms in total. The van der Waals surface area contributed by atoms with Crippen LogP contribution in [-0.2, 0) is 17.8 Å². The van der Waals surface area contributed by atoms with Crippen LogP contribution in [0.15, 0.2) is 48.5 Å². The van der Waals surface area contributed by atoms with Gasteiger partial charge in [0, 0.05) is 31.7 Å². The number of nitrogens with zero attached hydrogens (tertiary/aromatic N) is 1. The van der Waals surface area contributed by atoms with Gasteiger partial charge in [0.1, 0.15) is 5.82 Å². The third-order valence-corrected chi connectivity index (χ3v) is 4.73. The van der Waals surface area contributed by atoms with Crippen molar-refractivity contribution < 1.29 is 9.18 Å². The smallest absolute Gasteiger partial charge is 0.220 e. The minimum atomic E-state index is -0.247. The summed E-state index contributed by atoms with van der Waals surface area (Å²) in [7, 11) is 0. The maximum Gasteiger partial charge on any atom is 0.220 e. The topological polar surface area (TPSA) is 32.3 Å². The molecule has 0 aliphatic carbocycles. The molecule has 0 unspecified atom stereocenters. The molecule has 3 rings (SSSR count). The zero-order valence-corrected chi connectivity index (χ0v) is 14.5. The number of benzene rings is 2. The monoisotopic (exact) mass is 340 g/mol. The van der Waals surface area contributed by atoms with E-state index < -0.39 is 0 Å². The Morgan fingerprint density at radius 3 is 2.44 bits per heavy atom. The second kappa shape index (κ2) is 8.65. The van der Waals surface area contributed by atoms with E-state index in [0.717, 1.165) is 18.7 Å². The predicted molar refractivity (Wildman–Crippen MR) is 99.1 cm³/mol. The molecule has 0 bridgehead atoms. The summed E-state index contributed by atoms with van der Waals surface area (Å²) in [4.78, 5) is 14.4. The summed E-state index contributed by atoms with van der Waals surface area (Å²) in [5.74, 6) is -0.299. The van der Waals surface area contributed by atoms with Crippen molar-refractivity contribution in [1.29, 1.82) is 0 Å². The van der Waals surface area contributed by atoms with Crippen LogP contribution in [0, 0.1) is 5.82 Å². The highest BCUT2D eigenvalue weighted by atomic mass is 19.1. The van der Waals surface area contributed by atoms with Gasteiger partial charge in [-0.3, -0.25) is 4.79 Å². The van der Waals surface area contributed by atoms with Gasteiger partial charge >= 0.3 is 0 Å². The van der Waals surface area contributed by atoms with Gasteiger partial charge in [-0.15, -0.1) is 0 Å². The van der Waals surface area contributed by atoms with Crippen molar-refractivity contribution in [2.75, 3.05) is 18.0 Å². The lowest BCUT2D eigenvalue weighted by atomic mass is 10.1. The number of rotatable bonds is 6. The van der Waals surface area contributed by atoms with E-state index >= 15 is 0 Å². The quantitative estimate of drug-likeness (QED) is 0.860. The van der Waals surface area contributed by atoms with E-state index in [1.807, 2.05) is 0 Å². The normalized spacial score (nSPS) is 14.4. The van der Waals surface area contributed by atoms with E-state index in [0.29, 0.717) is 24.9 Å². The first-order valence-electron chi connectivity index (χ1n) is 9.06. The number of carbonyl (C=O) groups is 1. The first kappa shape index (κ1) is 17.5. The Balaban J connectivity index is 1.44. The number of hydrogen-bond acceptors (Lipinski definition) is 2. The number of hydrogen-bond donors (Lipinski definition) is 1. The van der Waals surface area contributed by atoms with Crippen molar-refractivity contribution in [3.8, 4) is 0 Å². The van der Waals surface area contributed by atoms with Crippen molar-refractivity contribution in [3.63, 3.8) is 0 Å². The van der Waals surface area contributed by atoms with E-state index in [1.54, 1.807) is 18.2 Å². The molecule has 0 spiro atoms. The first-order chi connectivity index (χ1) is 12.2. The van der Waals surface area contributed by atoms with Crippen LogP contribution in [0.4, 0.5) is 10.1 Å². The Hall–Kier alpha value is -2.36. The van der Waals surface area contributed by atoms with Gasteiger partial charge in [-0.05, 0) is 55.0 Å². The Morgan fingerprint density at radius 2 is 1.72 bits per heavy atom. The largest absolute Gasteiger partial charge is 0.372 e. The van der Waals surface area contributed by atoms with Crippen molar-refractivity contribution >= 4 is 11.6 Å². The third-order valence-electron chi connectivity index (χ3n) is 4.73. The standard InChI is InChI=1S/C21H25FN2O/c22-20-7-3-2-6-18(20)10-13-21(25)23-16-17-8-11-19(12-9-17)24-14-4-1-5-15-24/h2-3,6-9,11-12H,1,4-5,10,13-16H2,(H,23,25). The van der Waals surface area contributed by atoms with Crippen molar-refractivity contribution in [3.05, 3.63) is 65.5 Å². The number of halogens is 1. The molecule has 1 heterocycles. The van der Waals surface area contributed by atoms with Crippen LogP contribution in [0.5, 0.6) is 0 Å².